The summed E-state index contributed by atoms with van der Waals surface area (Å²) >= 11 is 0. The number of aliphatic hydroxyl groups excluding tert-OH is 1. The number of aromatic nitrogens is 3. The largest absolute Gasteiger partial charge is 0.491 e. The topological polar surface area (TPSA) is 164 Å². The number of anilines is 2. The third-order valence-electron chi connectivity index (χ3n) is 5.59. The summed E-state index contributed by atoms with van der Waals surface area (Å²) in [4.78, 5) is 11.2. The molecule has 1 atom stereocenters. The third-order valence-corrected chi connectivity index (χ3v) is 6.96. The zero-order valence-corrected chi connectivity index (χ0v) is 21.6. The van der Waals surface area contributed by atoms with Crippen molar-refractivity contribution in [2.45, 2.75) is 24.1 Å². The van der Waals surface area contributed by atoms with Gasteiger partial charge in [-0.2, -0.15) is 0 Å². The first-order chi connectivity index (χ1) is 18.3. The number of pyridine rings is 1. The van der Waals surface area contributed by atoms with E-state index in [2.05, 4.69) is 25.0 Å². The van der Waals surface area contributed by atoms with E-state index >= 15 is 0 Å². The average Bonchev–Trinajstić information content (AvgIpc) is 3.35. The predicted molar refractivity (Wildman–Crippen MR) is 144 cm³/mol. The van der Waals surface area contributed by atoms with Crippen LogP contribution in [0.5, 0.6) is 5.75 Å². The quantitative estimate of drug-likeness (QED) is 0.127. The number of H-pyrrole nitrogens is 1. The number of aromatic amines is 1. The molecular weight excluding hydrogens is 508 g/mol. The normalized spacial score (nSPS) is 12.3. The second kappa shape index (κ2) is 12.5. The van der Waals surface area contributed by atoms with E-state index in [1.54, 1.807) is 37.6 Å². The summed E-state index contributed by atoms with van der Waals surface area (Å²) < 4.78 is 38.2. The number of nitrogens with one attached hydrogen (secondary N) is 3. The molecule has 2 aromatic carbocycles. The number of sulfonamides is 1. The molecule has 0 radical (unpaired) electrons. The van der Waals surface area contributed by atoms with Crippen LogP contribution >= 0.6 is 0 Å². The maximum Gasteiger partial charge on any atom is 0.263 e. The van der Waals surface area contributed by atoms with Gasteiger partial charge in [-0.3, -0.25) is 10.0 Å². The van der Waals surface area contributed by atoms with Gasteiger partial charge >= 0.3 is 0 Å². The monoisotopic (exact) mass is 538 g/mol. The molecule has 2 heterocycles. The van der Waals surface area contributed by atoms with Crippen LogP contribution in [0.15, 0.2) is 78.0 Å². The minimum absolute atomic E-state index is 0.0869. The average molecular weight is 539 g/mol. The van der Waals surface area contributed by atoms with Crippen molar-refractivity contribution in [3.8, 4) is 17.0 Å². The molecule has 12 heteroatoms. The van der Waals surface area contributed by atoms with Gasteiger partial charge in [0.2, 0.25) is 0 Å². The number of nitrogens with zero attached hydrogens (tertiary/aromatic N) is 2. The highest BCUT2D eigenvalue weighted by Gasteiger charge is 2.15. The number of benzene rings is 2. The van der Waals surface area contributed by atoms with Gasteiger partial charge in [0, 0.05) is 26.3 Å². The van der Waals surface area contributed by atoms with E-state index in [9.17, 15) is 13.5 Å². The van der Waals surface area contributed by atoms with Gasteiger partial charge in [-0.25, -0.2) is 18.4 Å². The summed E-state index contributed by atoms with van der Waals surface area (Å²) in [6, 6.07) is 17.2. The Hall–Kier alpha value is -3.97. The number of ether oxygens (including phenoxy) is 2. The van der Waals surface area contributed by atoms with E-state index in [1.807, 2.05) is 24.3 Å². The standard InChI is InChI=1S/C26H30N6O5S/c1-36-12-13-37-21-7-9-22(10-8-21)38(34,35)32-24-11-4-19(16-28-24)14-25(33)29-15-18-2-5-20(6-3-18)23-17-30-26(27)31-23/h2-11,16-17,25,29,33H,12-15H2,1H3,(H,28,32)(H3,27,30,31). The highest BCUT2D eigenvalue weighted by molar-refractivity contribution is 7.92. The van der Waals surface area contributed by atoms with Gasteiger partial charge < -0.3 is 25.3 Å². The number of methoxy groups -OCH3 is 1. The molecular formula is C26H30N6O5S. The van der Waals surface area contributed by atoms with Crippen LogP contribution in [0.25, 0.3) is 11.3 Å². The van der Waals surface area contributed by atoms with Crippen LogP contribution in [0.4, 0.5) is 11.8 Å². The molecule has 0 bridgehead atoms. The fraction of sp³-hybridized carbons (Fsp3) is 0.231. The van der Waals surface area contributed by atoms with Crippen molar-refractivity contribution in [3.05, 3.63) is 84.2 Å². The van der Waals surface area contributed by atoms with Crippen molar-refractivity contribution in [2.75, 3.05) is 30.8 Å². The van der Waals surface area contributed by atoms with E-state index < -0.39 is 16.3 Å². The number of nitrogens with two attached hydrogens (primary N) is 1. The molecule has 0 spiro atoms. The van der Waals surface area contributed by atoms with Gasteiger partial charge in [0.25, 0.3) is 10.0 Å². The third kappa shape index (κ3) is 7.52. The summed E-state index contributed by atoms with van der Waals surface area (Å²) in [5, 5.41) is 13.5. The van der Waals surface area contributed by atoms with Crippen LogP contribution in [0.3, 0.4) is 0 Å². The lowest BCUT2D eigenvalue weighted by Gasteiger charge is -2.14. The molecule has 0 saturated heterocycles. The molecule has 4 rings (SSSR count). The van der Waals surface area contributed by atoms with E-state index in [0.717, 1.165) is 22.4 Å². The number of hydrogen-bond acceptors (Lipinski definition) is 9. The van der Waals surface area contributed by atoms with Crippen LogP contribution in [0.1, 0.15) is 11.1 Å². The van der Waals surface area contributed by atoms with E-state index in [0.29, 0.717) is 37.9 Å². The molecule has 0 aliphatic carbocycles. The first kappa shape index (κ1) is 27.1. The lowest BCUT2D eigenvalue weighted by molar-refractivity contribution is 0.135. The number of nitrogen functional groups attached to an aromatic ring is 1. The molecule has 6 N–H and O–H groups in total. The van der Waals surface area contributed by atoms with Gasteiger partial charge in [-0.05, 0) is 47.0 Å². The number of imidazole rings is 1. The Morgan fingerprint density at radius 3 is 2.34 bits per heavy atom. The Morgan fingerprint density at radius 1 is 0.974 bits per heavy atom. The zero-order valence-electron chi connectivity index (χ0n) is 20.8. The van der Waals surface area contributed by atoms with Gasteiger partial charge in [-0.15, -0.1) is 0 Å². The fourth-order valence-electron chi connectivity index (χ4n) is 3.58. The van der Waals surface area contributed by atoms with Crippen molar-refractivity contribution < 1.29 is 23.0 Å². The van der Waals surface area contributed by atoms with Crippen LogP contribution in [0.2, 0.25) is 0 Å². The Bertz CT molecular complexity index is 1410. The lowest BCUT2D eigenvalue weighted by Crippen LogP contribution is -2.30. The molecule has 0 aliphatic rings. The maximum absolute atomic E-state index is 12.7. The highest BCUT2D eigenvalue weighted by atomic mass is 32.2. The molecule has 0 aliphatic heterocycles. The fourth-order valence-corrected chi connectivity index (χ4v) is 4.58. The molecule has 11 nitrogen and oxygen atoms in total. The zero-order chi connectivity index (χ0) is 27.0. The summed E-state index contributed by atoms with van der Waals surface area (Å²) in [7, 11) is -2.24. The summed E-state index contributed by atoms with van der Waals surface area (Å²) in [5.74, 6) is 1.09. The molecule has 0 amide bonds. The maximum atomic E-state index is 12.7. The Balaban J connectivity index is 1.26. The smallest absolute Gasteiger partial charge is 0.263 e. The second-order valence-electron chi connectivity index (χ2n) is 8.45. The van der Waals surface area contributed by atoms with Crippen LogP contribution in [-0.2, 0) is 27.7 Å². The number of aliphatic hydroxyl groups is 1. The number of hydrogen-bond donors (Lipinski definition) is 5. The Labute approximate surface area is 221 Å². The SMILES string of the molecule is COCCOc1ccc(S(=O)(=O)Nc2ccc(CC(O)NCc3ccc(-c4cnc(N)[nH]4)cc3)cn2)cc1. The molecule has 0 saturated carbocycles. The minimum atomic E-state index is -3.82. The van der Waals surface area contributed by atoms with E-state index in [-0.39, 0.29) is 10.7 Å². The highest BCUT2D eigenvalue weighted by Crippen LogP contribution is 2.20. The lowest BCUT2D eigenvalue weighted by atomic mass is 10.1. The van der Waals surface area contributed by atoms with Crippen molar-refractivity contribution in [2.24, 2.45) is 0 Å². The molecule has 38 heavy (non-hydrogen) atoms. The first-order valence-corrected chi connectivity index (χ1v) is 13.3. The summed E-state index contributed by atoms with van der Waals surface area (Å²) in [6.45, 7) is 1.28. The molecule has 1 unspecified atom stereocenters. The van der Waals surface area contributed by atoms with E-state index in [1.165, 1.54) is 18.3 Å². The Morgan fingerprint density at radius 2 is 1.71 bits per heavy atom. The van der Waals surface area contributed by atoms with Crippen LogP contribution in [0, 0.1) is 0 Å². The van der Waals surface area contributed by atoms with Gasteiger partial charge in [0.15, 0.2) is 5.95 Å². The van der Waals surface area contributed by atoms with Gasteiger partial charge in [0.05, 0.1) is 23.4 Å². The Kier molecular flexibility index (Phi) is 8.92. The van der Waals surface area contributed by atoms with Crippen molar-refractivity contribution in [1.29, 1.82) is 0 Å². The molecule has 2 aromatic heterocycles. The molecule has 4 aromatic rings. The summed E-state index contributed by atoms with van der Waals surface area (Å²) in [5.41, 5.74) is 9.17. The van der Waals surface area contributed by atoms with E-state index in [4.69, 9.17) is 15.2 Å². The second-order valence-corrected chi connectivity index (χ2v) is 10.1. The van der Waals surface area contributed by atoms with Crippen molar-refractivity contribution in [3.63, 3.8) is 0 Å². The van der Waals surface area contributed by atoms with Crippen molar-refractivity contribution >= 4 is 21.8 Å². The molecule has 0 fully saturated rings. The predicted octanol–water partition coefficient (Wildman–Crippen LogP) is 2.53. The minimum Gasteiger partial charge on any atom is -0.491 e. The van der Waals surface area contributed by atoms with Crippen molar-refractivity contribution in [1.82, 2.24) is 20.3 Å². The number of rotatable bonds is 13. The molecule has 200 valence electrons. The first-order valence-electron chi connectivity index (χ1n) is 11.8. The summed E-state index contributed by atoms with van der Waals surface area (Å²) in [6.07, 6.45) is 2.70. The van der Waals surface area contributed by atoms with Gasteiger partial charge in [-0.1, -0.05) is 30.3 Å². The van der Waals surface area contributed by atoms with Crippen LogP contribution in [-0.4, -0.2) is 55.0 Å². The van der Waals surface area contributed by atoms with Crippen LogP contribution < -0.4 is 20.5 Å². The van der Waals surface area contributed by atoms with Gasteiger partial charge in [0.1, 0.15) is 24.4 Å².